The molecule has 2 rings (SSSR count). The van der Waals surface area contributed by atoms with Crippen LogP contribution in [0, 0.1) is 0 Å². The van der Waals surface area contributed by atoms with E-state index in [2.05, 4.69) is 0 Å². The van der Waals surface area contributed by atoms with Crippen molar-refractivity contribution in [2.75, 3.05) is 0 Å². The molecule has 0 saturated heterocycles. The minimum absolute atomic E-state index is 0.162. The topological polar surface area (TPSA) is 0 Å². The molecule has 0 radical (unpaired) electrons. The maximum atomic E-state index is 12.5. The first-order chi connectivity index (χ1) is 7.69. The summed E-state index contributed by atoms with van der Waals surface area (Å²) in [5, 5.41) is 3.08. The highest BCUT2D eigenvalue weighted by Crippen LogP contribution is 2.42. The molecule has 0 spiro atoms. The second-order valence-electron chi connectivity index (χ2n) is 3.39. The van der Waals surface area contributed by atoms with Crippen LogP contribution in [-0.2, 0) is 12.4 Å². The number of hydrogen-bond donors (Lipinski definition) is 0. The minimum Gasteiger partial charge on any atom is -0.166 e. The normalized spacial score (nSPS) is 13.3. The molecule has 1 aromatic carbocycles. The van der Waals surface area contributed by atoms with Gasteiger partial charge in [-0.05, 0) is 33.7 Å². The molecule has 0 bridgehead atoms. The van der Waals surface area contributed by atoms with Crippen molar-refractivity contribution < 1.29 is 26.3 Å². The van der Waals surface area contributed by atoms with Crippen molar-refractivity contribution in [2.45, 2.75) is 12.4 Å². The van der Waals surface area contributed by atoms with Crippen molar-refractivity contribution in [2.24, 2.45) is 0 Å². The Labute approximate surface area is 95.5 Å². The molecular weight excluding hydrogens is 266 g/mol. The van der Waals surface area contributed by atoms with Gasteiger partial charge in [-0.2, -0.15) is 37.7 Å². The Morgan fingerprint density at radius 3 is 1.35 bits per heavy atom. The number of rotatable bonds is 0. The van der Waals surface area contributed by atoms with Crippen molar-refractivity contribution in [1.29, 1.82) is 0 Å². The molecular formula is C10H4F6S. The van der Waals surface area contributed by atoms with E-state index in [9.17, 15) is 26.3 Å². The van der Waals surface area contributed by atoms with E-state index in [-0.39, 0.29) is 10.8 Å². The summed E-state index contributed by atoms with van der Waals surface area (Å²) in [7, 11) is 0. The first-order valence-corrected chi connectivity index (χ1v) is 5.28. The zero-order valence-corrected chi connectivity index (χ0v) is 8.80. The summed E-state index contributed by atoms with van der Waals surface area (Å²) in [6, 6.07) is 1.07. The molecule has 0 aliphatic rings. The zero-order valence-electron chi connectivity index (χ0n) is 7.99. The number of hydrogen-bond acceptors (Lipinski definition) is 1. The maximum absolute atomic E-state index is 12.5. The monoisotopic (exact) mass is 270 g/mol. The minimum atomic E-state index is -5.01. The van der Waals surface area contributed by atoms with E-state index in [1.807, 2.05) is 0 Å². The molecule has 1 aromatic heterocycles. The molecule has 92 valence electrons. The highest BCUT2D eigenvalue weighted by molar-refractivity contribution is 7.09. The Morgan fingerprint density at radius 1 is 0.706 bits per heavy atom. The molecule has 0 N–H and O–H groups in total. The fourth-order valence-electron chi connectivity index (χ4n) is 1.49. The van der Waals surface area contributed by atoms with Crippen LogP contribution in [0.15, 0.2) is 22.9 Å². The van der Waals surface area contributed by atoms with Crippen molar-refractivity contribution in [3.8, 4) is 0 Å². The first-order valence-electron chi connectivity index (χ1n) is 4.34. The smallest absolute Gasteiger partial charge is 0.166 e. The molecule has 0 aliphatic carbocycles. The third kappa shape index (κ3) is 2.24. The molecule has 0 unspecified atom stereocenters. The lowest BCUT2D eigenvalue weighted by Crippen LogP contribution is -2.16. The molecule has 0 atom stereocenters. The molecule has 0 aliphatic heterocycles. The molecule has 0 saturated carbocycles. The summed E-state index contributed by atoms with van der Waals surface area (Å²) >= 11 is 1.06. The van der Waals surface area contributed by atoms with E-state index < -0.39 is 23.5 Å². The van der Waals surface area contributed by atoms with Crippen LogP contribution in [0.1, 0.15) is 11.1 Å². The predicted octanol–water partition coefficient (Wildman–Crippen LogP) is 4.94. The second kappa shape index (κ2) is 3.63. The van der Waals surface area contributed by atoms with E-state index in [0.29, 0.717) is 12.1 Å². The van der Waals surface area contributed by atoms with Crippen molar-refractivity contribution in [3.05, 3.63) is 34.0 Å². The van der Waals surface area contributed by atoms with E-state index in [4.69, 9.17) is 0 Å². The van der Waals surface area contributed by atoms with Gasteiger partial charge in [0.05, 0.1) is 11.1 Å². The summed E-state index contributed by atoms with van der Waals surface area (Å²) in [5.74, 6) is 0. The van der Waals surface area contributed by atoms with Gasteiger partial charge in [-0.25, -0.2) is 0 Å². The first kappa shape index (κ1) is 12.2. The summed E-state index contributed by atoms with van der Waals surface area (Å²) in [6.07, 6.45) is -10.0. The lowest BCUT2D eigenvalue weighted by Gasteiger charge is -2.15. The number of fused-ring (bicyclic) bond motifs is 1. The van der Waals surface area contributed by atoms with E-state index in [0.717, 1.165) is 11.3 Å². The quantitative estimate of drug-likeness (QED) is 0.595. The number of benzene rings is 1. The average molecular weight is 270 g/mol. The predicted molar refractivity (Wildman–Crippen MR) is 51.8 cm³/mol. The van der Waals surface area contributed by atoms with Gasteiger partial charge in [0.25, 0.3) is 0 Å². The Kier molecular flexibility index (Phi) is 2.61. The van der Waals surface area contributed by atoms with Gasteiger partial charge in [-0.15, -0.1) is 0 Å². The van der Waals surface area contributed by atoms with Crippen LogP contribution in [0.2, 0.25) is 0 Å². The molecule has 0 fully saturated rings. The van der Waals surface area contributed by atoms with Crippen molar-refractivity contribution in [3.63, 3.8) is 0 Å². The fraction of sp³-hybridized carbons (Fsp3) is 0.200. The van der Waals surface area contributed by atoms with E-state index >= 15 is 0 Å². The lowest BCUT2D eigenvalue weighted by atomic mass is 10.0. The number of alkyl halides is 6. The zero-order chi connectivity index (χ0) is 12.8. The van der Waals surface area contributed by atoms with Gasteiger partial charge < -0.3 is 0 Å². The third-order valence-corrected chi connectivity index (χ3v) is 3.00. The third-order valence-electron chi connectivity index (χ3n) is 2.22. The summed E-state index contributed by atoms with van der Waals surface area (Å²) < 4.78 is 75.1. The molecule has 17 heavy (non-hydrogen) atoms. The fourth-order valence-corrected chi connectivity index (χ4v) is 2.26. The average Bonchev–Trinajstić information content (AvgIpc) is 2.59. The standard InChI is InChI=1S/C10H4F6S/c11-9(12,13)7-1-5-3-17-4-6(5)2-8(7)10(14,15)16/h1-4H. The largest absolute Gasteiger partial charge is 0.417 e. The number of halogens is 6. The Morgan fingerprint density at radius 2 is 1.06 bits per heavy atom. The number of thiophene rings is 1. The Balaban J connectivity index is 2.78. The van der Waals surface area contributed by atoms with Gasteiger partial charge in [-0.3, -0.25) is 0 Å². The molecule has 7 heteroatoms. The Bertz CT molecular complexity index is 500. The van der Waals surface area contributed by atoms with Gasteiger partial charge in [0.2, 0.25) is 0 Å². The second-order valence-corrected chi connectivity index (χ2v) is 4.14. The maximum Gasteiger partial charge on any atom is 0.417 e. The highest BCUT2D eigenvalue weighted by Gasteiger charge is 2.43. The molecule has 2 aromatic rings. The van der Waals surface area contributed by atoms with Crippen LogP contribution in [0.25, 0.3) is 10.8 Å². The lowest BCUT2D eigenvalue weighted by molar-refractivity contribution is -0.161. The molecule has 1 heterocycles. The Hall–Kier alpha value is -1.24. The van der Waals surface area contributed by atoms with Crippen molar-refractivity contribution >= 4 is 22.1 Å². The van der Waals surface area contributed by atoms with Crippen LogP contribution in [-0.4, -0.2) is 0 Å². The summed E-state index contributed by atoms with van der Waals surface area (Å²) in [6.45, 7) is 0. The van der Waals surface area contributed by atoms with Gasteiger partial charge in [-0.1, -0.05) is 0 Å². The van der Waals surface area contributed by atoms with Crippen LogP contribution in [0.5, 0.6) is 0 Å². The SMILES string of the molecule is FC(F)(F)c1cc2cscc2cc1C(F)(F)F. The summed E-state index contributed by atoms with van der Waals surface area (Å²) in [5.41, 5.74) is -3.29. The van der Waals surface area contributed by atoms with Crippen LogP contribution in [0.4, 0.5) is 26.3 Å². The van der Waals surface area contributed by atoms with Crippen LogP contribution < -0.4 is 0 Å². The summed E-state index contributed by atoms with van der Waals surface area (Å²) in [4.78, 5) is 0. The van der Waals surface area contributed by atoms with Crippen molar-refractivity contribution in [1.82, 2.24) is 0 Å². The highest BCUT2D eigenvalue weighted by atomic mass is 32.1. The van der Waals surface area contributed by atoms with E-state index in [1.165, 1.54) is 10.8 Å². The van der Waals surface area contributed by atoms with Gasteiger partial charge in [0, 0.05) is 0 Å². The molecule has 0 nitrogen and oxygen atoms in total. The van der Waals surface area contributed by atoms with Crippen LogP contribution >= 0.6 is 11.3 Å². The van der Waals surface area contributed by atoms with Crippen LogP contribution in [0.3, 0.4) is 0 Å². The van der Waals surface area contributed by atoms with E-state index in [1.54, 1.807) is 0 Å². The van der Waals surface area contributed by atoms with Gasteiger partial charge in [0.15, 0.2) is 0 Å². The molecule has 0 amide bonds. The van der Waals surface area contributed by atoms with Gasteiger partial charge >= 0.3 is 12.4 Å². The van der Waals surface area contributed by atoms with Gasteiger partial charge in [0.1, 0.15) is 0 Å².